The summed E-state index contributed by atoms with van der Waals surface area (Å²) in [6.45, 7) is 0.472. The van der Waals surface area contributed by atoms with Gasteiger partial charge in [-0.05, 0) is 55.5 Å². The van der Waals surface area contributed by atoms with E-state index in [1.54, 1.807) is 54.0 Å². The lowest BCUT2D eigenvalue weighted by atomic mass is 10.0. The number of halogens is 1. The van der Waals surface area contributed by atoms with E-state index in [-0.39, 0.29) is 35.4 Å². The molecule has 8 heteroatoms. The van der Waals surface area contributed by atoms with Gasteiger partial charge < -0.3 is 10.6 Å². The fraction of sp³-hybridized carbons (Fsp3) is 0.320. The molecule has 0 spiro atoms. The Kier molecular flexibility index (Phi) is 8.71. The standard InChI is InChI=1S/C25H28FN3O4/c26-22-7-4-3-6-20(22)21(25(32)28-19-13-14-19)16-17-9-11-18(12-10-17)24(31)27-15-5-1-2-8-23(30)29-33/h3-4,6-7,9-12,16,19,33H,1-2,5,8,13-15H2,(H,27,31)(H,28,32)(H,29,30). The lowest BCUT2D eigenvalue weighted by molar-refractivity contribution is -0.129. The minimum Gasteiger partial charge on any atom is -0.352 e. The van der Waals surface area contributed by atoms with Crippen LogP contribution in [0.25, 0.3) is 11.6 Å². The van der Waals surface area contributed by atoms with Crippen molar-refractivity contribution in [1.82, 2.24) is 16.1 Å². The number of hydrogen-bond donors (Lipinski definition) is 4. The minimum atomic E-state index is -0.470. The number of rotatable bonds is 11. The number of amides is 3. The van der Waals surface area contributed by atoms with E-state index in [9.17, 15) is 18.8 Å². The van der Waals surface area contributed by atoms with Gasteiger partial charge in [-0.1, -0.05) is 36.8 Å². The molecule has 2 aromatic carbocycles. The number of hydroxylamine groups is 1. The molecule has 0 radical (unpaired) electrons. The van der Waals surface area contributed by atoms with Crippen molar-refractivity contribution in [2.24, 2.45) is 0 Å². The predicted molar refractivity (Wildman–Crippen MR) is 123 cm³/mol. The summed E-state index contributed by atoms with van der Waals surface area (Å²) < 4.78 is 14.4. The number of benzene rings is 2. The molecule has 7 nitrogen and oxygen atoms in total. The van der Waals surface area contributed by atoms with Crippen LogP contribution >= 0.6 is 0 Å². The smallest absolute Gasteiger partial charge is 0.252 e. The van der Waals surface area contributed by atoms with Gasteiger partial charge in [0.05, 0.1) is 5.57 Å². The molecule has 4 N–H and O–H groups in total. The fourth-order valence-electron chi connectivity index (χ4n) is 3.28. The maximum absolute atomic E-state index is 14.4. The highest BCUT2D eigenvalue weighted by Crippen LogP contribution is 2.25. The molecule has 33 heavy (non-hydrogen) atoms. The molecule has 0 bridgehead atoms. The second-order valence-corrected chi connectivity index (χ2v) is 8.01. The summed E-state index contributed by atoms with van der Waals surface area (Å²) >= 11 is 0. The first kappa shape index (κ1) is 24.1. The highest BCUT2D eigenvalue weighted by atomic mass is 19.1. The summed E-state index contributed by atoms with van der Waals surface area (Å²) in [5.41, 5.74) is 3.21. The monoisotopic (exact) mass is 453 g/mol. The van der Waals surface area contributed by atoms with Gasteiger partial charge in [-0.15, -0.1) is 0 Å². The van der Waals surface area contributed by atoms with E-state index in [4.69, 9.17) is 5.21 Å². The Labute approximate surface area is 192 Å². The average Bonchev–Trinajstić information content (AvgIpc) is 3.64. The lowest BCUT2D eigenvalue weighted by Gasteiger charge is -2.10. The van der Waals surface area contributed by atoms with Crippen molar-refractivity contribution in [3.8, 4) is 0 Å². The van der Waals surface area contributed by atoms with Crippen molar-refractivity contribution >= 4 is 29.4 Å². The molecule has 0 aliphatic heterocycles. The highest BCUT2D eigenvalue weighted by Gasteiger charge is 2.26. The van der Waals surface area contributed by atoms with Gasteiger partial charge >= 0.3 is 0 Å². The van der Waals surface area contributed by atoms with Gasteiger partial charge in [0.1, 0.15) is 5.82 Å². The van der Waals surface area contributed by atoms with Gasteiger partial charge in [0.25, 0.3) is 11.8 Å². The van der Waals surface area contributed by atoms with Crippen LogP contribution in [0.3, 0.4) is 0 Å². The molecule has 0 aromatic heterocycles. The van der Waals surface area contributed by atoms with E-state index in [2.05, 4.69) is 10.6 Å². The molecule has 0 saturated heterocycles. The van der Waals surface area contributed by atoms with Gasteiger partial charge in [0.15, 0.2) is 0 Å². The number of carbonyl (C=O) groups excluding carboxylic acids is 3. The van der Waals surface area contributed by atoms with Crippen LogP contribution in [0.15, 0.2) is 48.5 Å². The summed E-state index contributed by atoms with van der Waals surface area (Å²) in [7, 11) is 0. The molecule has 174 valence electrons. The molecule has 0 unspecified atom stereocenters. The Balaban J connectivity index is 1.60. The van der Waals surface area contributed by atoms with Crippen molar-refractivity contribution in [1.29, 1.82) is 0 Å². The SMILES string of the molecule is O=C(CCCCCNC(=O)c1ccc(C=C(C(=O)NC2CC2)c2ccccc2F)cc1)NO. The molecule has 1 aliphatic rings. The van der Waals surface area contributed by atoms with Crippen molar-refractivity contribution in [3.63, 3.8) is 0 Å². The molecule has 1 fully saturated rings. The summed E-state index contributed by atoms with van der Waals surface area (Å²) in [6, 6.07) is 13.1. The Morgan fingerprint density at radius 3 is 2.39 bits per heavy atom. The molecule has 2 aromatic rings. The van der Waals surface area contributed by atoms with Crippen LogP contribution < -0.4 is 16.1 Å². The maximum atomic E-state index is 14.4. The first-order valence-corrected chi connectivity index (χ1v) is 11.1. The number of hydrogen-bond acceptors (Lipinski definition) is 4. The van der Waals surface area contributed by atoms with Crippen molar-refractivity contribution < 1.29 is 24.0 Å². The molecule has 0 heterocycles. The third-order valence-corrected chi connectivity index (χ3v) is 5.30. The maximum Gasteiger partial charge on any atom is 0.252 e. The van der Waals surface area contributed by atoms with E-state index in [0.29, 0.717) is 30.5 Å². The molecule has 1 aliphatic carbocycles. The zero-order valence-corrected chi connectivity index (χ0v) is 18.3. The zero-order valence-electron chi connectivity index (χ0n) is 18.3. The summed E-state index contributed by atoms with van der Waals surface area (Å²) in [5.74, 6) is -1.43. The molecular formula is C25H28FN3O4. The van der Waals surface area contributed by atoms with Crippen molar-refractivity contribution in [3.05, 3.63) is 71.0 Å². The van der Waals surface area contributed by atoms with Crippen molar-refractivity contribution in [2.75, 3.05) is 6.54 Å². The Hall–Kier alpha value is -3.52. The second kappa shape index (κ2) is 11.9. The van der Waals surface area contributed by atoms with Crippen LogP contribution in [0.2, 0.25) is 0 Å². The first-order chi connectivity index (χ1) is 16.0. The van der Waals surface area contributed by atoms with Crippen LogP contribution in [-0.4, -0.2) is 35.5 Å². The quantitative estimate of drug-likeness (QED) is 0.137. The van der Waals surface area contributed by atoms with Gasteiger partial charge in [-0.3, -0.25) is 19.6 Å². The topological polar surface area (TPSA) is 108 Å². The van der Waals surface area contributed by atoms with Crippen LogP contribution in [0, 0.1) is 5.82 Å². The Bertz CT molecular complexity index is 1020. The molecule has 1 saturated carbocycles. The van der Waals surface area contributed by atoms with Crippen molar-refractivity contribution in [2.45, 2.75) is 44.6 Å². The van der Waals surface area contributed by atoms with Crippen LogP contribution in [-0.2, 0) is 9.59 Å². The summed E-state index contributed by atoms with van der Waals surface area (Å²) in [6.07, 6.45) is 5.82. The average molecular weight is 454 g/mol. The summed E-state index contributed by atoms with van der Waals surface area (Å²) in [4.78, 5) is 36.0. The Morgan fingerprint density at radius 1 is 1.00 bits per heavy atom. The van der Waals surface area contributed by atoms with Gasteiger partial charge in [0, 0.05) is 30.1 Å². The lowest BCUT2D eigenvalue weighted by Crippen LogP contribution is -2.26. The molecular weight excluding hydrogens is 425 g/mol. The predicted octanol–water partition coefficient (Wildman–Crippen LogP) is 3.44. The third kappa shape index (κ3) is 7.54. The van der Waals surface area contributed by atoms with E-state index in [1.807, 2.05) is 0 Å². The van der Waals surface area contributed by atoms with E-state index < -0.39 is 11.7 Å². The van der Waals surface area contributed by atoms with Crippen LogP contribution in [0.5, 0.6) is 0 Å². The van der Waals surface area contributed by atoms with E-state index in [1.165, 1.54) is 6.07 Å². The van der Waals surface area contributed by atoms with Gasteiger partial charge in [0.2, 0.25) is 5.91 Å². The third-order valence-electron chi connectivity index (χ3n) is 5.30. The number of unbranched alkanes of at least 4 members (excludes halogenated alkanes) is 2. The molecule has 3 rings (SSSR count). The first-order valence-electron chi connectivity index (χ1n) is 11.1. The summed E-state index contributed by atoms with van der Waals surface area (Å²) in [5, 5.41) is 14.2. The van der Waals surface area contributed by atoms with Gasteiger partial charge in [-0.2, -0.15) is 0 Å². The molecule has 0 atom stereocenters. The van der Waals surface area contributed by atoms with E-state index in [0.717, 1.165) is 19.3 Å². The number of carbonyl (C=O) groups is 3. The normalized spacial score (nSPS) is 13.3. The van der Waals surface area contributed by atoms with Gasteiger partial charge in [-0.25, -0.2) is 9.87 Å². The largest absolute Gasteiger partial charge is 0.352 e. The van der Waals surface area contributed by atoms with Crippen LogP contribution in [0.4, 0.5) is 4.39 Å². The Morgan fingerprint density at radius 2 is 1.73 bits per heavy atom. The van der Waals surface area contributed by atoms with Crippen LogP contribution in [0.1, 0.15) is 60.0 Å². The molecule has 3 amide bonds. The minimum absolute atomic E-state index is 0.144. The number of nitrogens with one attached hydrogen (secondary N) is 3. The zero-order chi connectivity index (χ0) is 23.6. The van der Waals surface area contributed by atoms with E-state index >= 15 is 0 Å². The fourth-order valence-corrected chi connectivity index (χ4v) is 3.28. The second-order valence-electron chi connectivity index (χ2n) is 8.01. The highest BCUT2D eigenvalue weighted by molar-refractivity contribution is 6.24.